The van der Waals surface area contributed by atoms with Crippen molar-refractivity contribution in [2.45, 2.75) is 62.7 Å². The predicted molar refractivity (Wildman–Crippen MR) is 65.4 cm³/mol. The monoisotopic (exact) mass is 368 g/mol. The van der Waals surface area contributed by atoms with E-state index in [-0.39, 0.29) is 6.92 Å². The Balaban J connectivity index is 3.69. The van der Waals surface area contributed by atoms with Gasteiger partial charge in [-0.05, 0) is 20.3 Å². The van der Waals surface area contributed by atoms with Crippen molar-refractivity contribution in [3.8, 4) is 0 Å². The van der Waals surface area contributed by atoms with Gasteiger partial charge in [-0.15, -0.1) is 0 Å². The average molecular weight is 368 g/mol. The second kappa shape index (κ2) is 5.58. The number of carbonyl (C=O) groups is 1. The van der Waals surface area contributed by atoms with Gasteiger partial charge in [0.05, 0.1) is 0 Å². The summed E-state index contributed by atoms with van der Waals surface area (Å²) in [4.78, 5) is 11.5. The van der Waals surface area contributed by atoms with Gasteiger partial charge in [0, 0.05) is 5.57 Å². The van der Waals surface area contributed by atoms with Crippen molar-refractivity contribution in [2.24, 2.45) is 0 Å². The van der Waals surface area contributed by atoms with Crippen LogP contribution in [0.15, 0.2) is 12.2 Å². The van der Waals surface area contributed by atoms with Crippen LogP contribution in [0.4, 0.5) is 30.7 Å². The van der Waals surface area contributed by atoms with Gasteiger partial charge >= 0.3 is 24.0 Å². The maximum atomic E-state index is 14.5. The highest BCUT2D eigenvalue weighted by atomic mass is 19.4. The van der Waals surface area contributed by atoms with Crippen LogP contribution in [0.5, 0.6) is 0 Å². The highest BCUT2D eigenvalue weighted by Gasteiger charge is 2.86. The Labute approximate surface area is 132 Å². The molecule has 3 unspecified atom stereocenters. The summed E-state index contributed by atoms with van der Waals surface area (Å²) >= 11 is 0. The second-order valence-electron chi connectivity index (χ2n) is 5.57. The zero-order valence-corrected chi connectivity index (χ0v) is 12.8. The van der Waals surface area contributed by atoms with Crippen LogP contribution in [0.25, 0.3) is 0 Å². The number of esters is 1. The van der Waals surface area contributed by atoms with Gasteiger partial charge in [-0.3, -0.25) is 0 Å². The maximum Gasteiger partial charge on any atom is 0.420 e. The Kier molecular flexibility index (Phi) is 4.81. The minimum absolute atomic E-state index is 0.0833. The molecule has 1 aliphatic rings. The molecule has 1 rings (SSSR count). The Morgan fingerprint density at radius 1 is 1.29 bits per heavy atom. The molecule has 3 atom stereocenters. The molecule has 1 N–H and O–H groups in total. The van der Waals surface area contributed by atoms with Crippen LogP contribution in [0.3, 0.4) is 0 Å². The fourth-order valence-corrected chi connectivity index (χ4v) is 2.35. The van der Waals surface area contributed by atoms with Gasteiger partial charge in [-0.25, -0.2) is 4.79 Å². The van der Waals surface area contributed by atoms with Gasteiger partial charge in [0.25, 0.3) is 0 Å². The highest BCUT2D eigenvalue weighted by molar-refractivity contribution is 5.87. The van der Waals surface area contributed by atoms with E-state index in [0.717, 1.165) is 6.92 Å². The van der Waals surface area contributed by atoms with Crippen LogP contribution in [-0.4, -0.2) is 46.6 Å². The minimum atomic E-state index is -5.82. The van der Waals surface area contributed by atoms with Gasteiger partial charge in [0.2, 0.25) is 17.5 Å². The molecule has 0 amide bonds. The quantitative estimate of drug-likeness (QED) is 0.472. The van der Waals surface area contributed by atoms with Crippen molar-refractivity contribution in [3.63, 3.8) is 0 Å². The lowest BCUT2D eigenvalue weighted by Crippen LogP contribution is -2.80. The van der Waals surface area contributed by atoms with Gasteiger partial charge < -0.3 is 14.6 Å². The highest BCUT2D eigenvalue weighted by Crippen LogP contribution is 2.60. The van der Waals surface area contributed by atoms with Crippen LogP contribution in [0.2, 0.25) is 0 Å². The van der Waals surface area contributed by atoms with Crippen LogP contribution < -0.4 is 0 Å². The molecule has 1 heterocycles. The molecule has 1 saturated heterocycles. The Morgan fingerprint density at radius 2 is 1.75 bits per heavy atom. The van der Waals surface area contributed by atoms with Gasteiger partial charge in [0.15, 0.2) is 0 Å². The second-order valence-corrected chi connectivity index (χ2v) is 5.57. The first-order chi connectivity index (χ1) is 10.5. The number of rotatable bonds is 3. The van der Waals surface area contributed by atoms with E-state index in [4.69, 9.17) is 0 Å². The first-order valence-electron chi connectivity index (χ1n) is 6.59. The molecule has 0 aromatic heterocycles. The van der Waals surface area contributed by atoms with Crippen molar-refractivity contribution in [2.75, 3.05) is 0 Å². The lowest BCUT2D eigenvalue weighted by molar-refractivity contribution is -0.483. The van der Waals surface area contributed by atoms with E-state index in [1.54, 1.807) is 0 Å². The summed E-state index contributed by atoms with van der Waals surface area (Å²) in [6.07, 6.45) is -11.4. The summed E-state index contributed by atoms with van der Waals surface area (Å²) in [5, 5.41) is 9.57. The molecule has 0 saturated carbocycles. The number of hydrogen-bond acceptors (Lipinski definition) is 4. The third-order valence-corrected chi connectivity index (χ3v) is 3.72. The summed E-state index contributed by atoms with van der Waals surface area (Å²) in [6, 6.07) is 0. The van der Waals surface area contributed by atoms with E-state index in [0.29, 0.717) is 6.92 Å². The van der Waals surface area contributed by atoms with Crippen LogP contribution >= 0.6 is 0 Å². The zero-order chi connectivity index (χ0) is 19.4. The molecule has 1 aliphatic heterocycles. The van der Waals surface area contributed by atoms with Crippen molar-refractivity contribution in [1.82, 2.24) is 0 Å². The fourth-order valence-electron chi connectivity index (χ4n) is 2.35. The molecule has 0 spiro atoms. The molecule has 1 fully saturated rings. The number of halogens is 7. The number of alkyl halides is 7. The van der Waals surface area contributed by atoms with E-state index in [2.05, 4.69) is 16.1 Å². The SMILES string of the molecule is C=C(C)C(=O)OC1(CC)C(F)(F)C(C(F)(F)F)OC(C)(O)C1(F)F. The molecule has 0 bridgehead atoms. The summed E-state index contributed by atoms with van der Waals surface area (Å²) in [7, 11) is 0. The van der Waals surface area contributed by atoms with Crippen LogP contribution in [-0.2, 0) is 14.3 Å². The lowest BCUT2D eigenvalue weighted by atomic mass is 9.76. The van der Waals surface area contributed by atoms with E-state index in [1.165, 1.54) is 0 Å². The van der Waals surface area contributed by atoms with Crippen LogP contribution in [0.1, 0.15) is 27.2 Å². The summed E-state index contributed by atoms with van der Waals surface area (Å²) in [5.41, 5.74) is -4.89. The molecule has 0 radical (unpaired) electrons. The van der Waals surface area contributed by atoms with Gasteiger partial charge in [0.1, 0.15) is 0 Å². The number of hydrogen-bond donors (Lipinski definition) is 1. The molecule has 140 valence electrons. The summed E-state index contributed by atoms with van der Waals surface area (Å²) < 4.78 is 104. The minimum Gasteiger partial charge on any atom is -0.442 e. The topological polar surface area (TPSA) is 55.8 Å². The van der Waals surface area contributed by atoms with Crippen molar-refractivity contribution >= 4 is 5.97 Å². The number of carbonyl (C=O) groups excluding carboxylic acids is 1. The molecular formula is C13H15F7O4. The Bertz CT molecular complexity index is 541. The van der Waals surface area contributed by atoms with Crippen molar-refractivity contribution in [1.29, 1.82) is 0 Å². The smallest absolute Gasteiger partial charge is 0.420 e. The average Bonchev–Trinajstić information content (AvgIpc) is 2.38. The fraction of sp³-hybridized carbons (Fsp3) is 0.769. The maximum absolute atomic E-state index is 14.5. The molecule has 11 heteroatoms. The third kappa shape index (κ3) is 2.67. The van der Waals surface area contributed by atoms with Crippen LogP contribution in [0, 0.1) is 0 Å². The molecule has 0 aromatic rings. The molecule has 4 nitrogen and oxygen atoms in total. The van der Waals surface area contributed by atoms with Gasteiger partial charge in [-0.2, -0.15) is 30.7 Å². The van der Waals surface area contributed by atoms with Gasteiger partial charge in [-0.1, -0.05) is 13.5 Å². The lowest BCUT2D eigenvalue weighted by Gasteiger charge is -2.55. The number of ether oxygens (including phenoxy) is 2. The predicted octanol–water partition coefficient (Wildman–Crippen LogP) is 3.19. The van der Waals surface area contributed by atoms with Crippen molar-refractivity contribution in [3.05, 3.63) is 12.2 Å². The van der Waals surface area contributed by atoms with E-state index >= 15 is 0 Å². The first kappa shape index (κ1) is 20.7. The largest absolute Gasteiger partial charge is 0.442 e. The summed E-state index contributed by atoms with van der Waals surface area (Å²) in [6.45, 7) is 4.69. The van der Waals surface area contributed by atoms with E-state index < -0.39 is 53.5 Å². The normalized spacial score (nSPS) is 35.4. The molecular weight excluding hydrogens is 353 g/mol. The van der Waals surface area contributed by atoms with E-state index in [9.17, 15) is 40.6 Å². The zero-order valence-electron chi connectivity index (χ0n) is 12.8. The van der Waals surface area contributed by atoms with E-state index in [1.807, 2.05) is 0 Å². The Hall–Kier alpha value is -1.36. The summed E-state index contributed by atoms with van der Waals surface area (Å²) in [5.74, 6) is -16.2. The molecule has 24 heavy (non-hydrogen) atoms. The molecule has 0 aliphatic carbocycles. The Morgan fingerprint density at radius 3 is 2.08 bits per heavy atom. The molecule has 0 aromatic carbocycles. The third-order valence-electron chi connectivity index (χ3n) is 3.72. The standard InChI is InChI=1S/C13H15F7O4/c1-5-10(23-7(21)6(2)3)11(14,15)8(12(16,17)18)24-9(4,22)13(10,19)20/h8,22H,2,5H2,1,3-4H3. The van der Waals surface area contributed by atoms with Crippen molar-refractivity contribution < 1.29 is 50.1 Å². The first-order valence-corrected chi connectivity index (χ1v) is 6.59. The number of aliphatic hydroxyl groups is 1.